The minimum Gasteiger partial charge on any atom is -0.446 e. The molecule has 0 aromatic carbocycles. The minimum absolute atomic E-state index is 0.00714. The van der Waals surface area contributed by atoms with Crippen molar-refractivity contribution in [2.45, 2.75) is 77.0 Å². The second kappa shape index (κ2) is 8.70. The van der Waals surface area contributed by atoms with Gasteiger partial charge in [-0.3, -0.25) is 4.79 Å². The molecule has 2 amide bonds. The number of ether oxygens (including phenoxy) is 1. The van der Waals surface area contributed by atoms with E-state index in [9.17, 15) is 14.7 Å². The highest BCUT2D eigenvalue weighted by Gasteiger charge is 2.56. The van der Waals surface area contributed by atoms with Crippen LogP contribution in [0.4, 0.5) is 10.6 Å². The van der Waals surface area contributed by atoms with E-state index in [0.717, 1.165) is 38.5 Å². The Morgan fingerprint density at radius 2 is 1.97 bits per heavy atom. The zero-order valence-corrected chi connectivity index (χ0v) is 20.5. The first kappa shape index (κ1) is 23.4. The molecule has 34 heavy (non-hydrogen) atoms. The third kappa shape index (κ3) is 4.88. The number of hydrogen-bond acceptors (Lipinski definition) is 6. The van der Waals surface area contributed by atoms with Crippen molar-refractivity contribution >= 4 is 17.8 Å². The second-order valence-electron chi connectivity index (χ2n) is 12.3. The summed E-state index contributed by atoms with van der Waals surface area (Å²) >= 11 is 0. The number of likely N-dealkylation sites (tertiary alicyclic amines) is 1. The van der Waals surface area contributed by atoms with E-state index in [1.165, 1.54) is 0 Å². The van der Waals surface area contributed by atoms with E-state index in [-0.39, 0.29) is 29.6 Å². The smallest absolute Gasteiger partial charge is 0.410 e. The fraction of sp³-hybridized carbons (Fsp3) is 0.731. The van der Waals surface area contributed by atoms with Gasteiger partial charge in [0.2, 0.25) is 0 Å². The molecule has 2 heterocycles. The summed E-state index contributed by atoms with van der Waals surface area (Å²) in [7, 11) is 0. The van der Waals surface area contributed by atoms with E-state index in [0.29, 0.717) is 48.8 Å². The Kier molecular flexibility index (Phi) is 5.99. The average Bonchev–Trinajstić information content (AvgIpc) is 3.22. The van der Waals surface area contributed by atoms with Crippen molar-refractivity contribution < 1.29 is 19.4 Å². The van der Waals surface area contributed by atoms with Crippen molar-refractivity contribution in [1.82, 2.24) is 15.2 Å². The molecule has 8 nitrogen and oxygen atoms in total. The Morgan fingerprint density at radius 3 is 2.65 bits per heavy atom. The molecule has 4 bridgehead atoms. The fourth-order valence-electron chi connectivity index (χ4n) is 6.70. The van der Waals surface area contributed by atoms with Gasteiger partial charge in [0, 0.05) is 31.9 Å². The van der Waals surface area contributed by atoms with Crippen LogP contribution < -0.4 is 10.6 Å². The fourth-order valence-corrected chi connectivity index (χ4v) is 6.70. The number of aliphatic hydroxyl groups is 1. The van der Waals surface area contributed by atoms with Crippen molar-refractivity contribution in [1.29, 1.82) is 0 Å². The van der Waals surface area contributed by atoms with Crippen LogP contribution in [0.5, 0.6) is 0 Å². The topological polar surface area (TPSA) is 104 Å². The largest absolute Gasteiger partial charge is 0.446 e. The summed E-state index contributed by atoms with van der Waals surface area (Å²) in [6.07, 6.45) is 6.72. The first-order valence-electron chi connectivity index (χ1n) is 12.8. The van der Waals surface area contributed by atoms with E-state index in [1.54, 1.807) is 23.2 Å². The Morgan fingerprint density at radius 1 is 1.24 bits per heavy atom. The highest BCUT2D eigenvalue weighted by molar-refractivity contribution is 5.98. The van der Waals surface area contributed by atoms with Crippen LogP contribution in [0.2, 0.25) is 0 Å². The van der Waals surface area contributed by atoms with Gasteiger partial charge in [0.15, 0.2) is 0 Å². The number of anilines is 1. The van der Waals surface area contributed by atoms with Gasteiger partial charge >= 0.3 is 6.09 Å². The molecule has 0 radical (unpaired) electrons. The zero-order valence-electron chi connectivity index (χ0n) is 20.5. The lowest BCUT2D eigenvalue weighted by atomic mass is 9.53. The molecule has 0 spiro atoms. The molecule has 1 aromatic rings. The number of hydrogen-bond donors (Lipinski definition) is 3. The van der Waals surface area contributed by atoms with Gasteiger partial charge in [-0.2, -0.15) is 0 Å². The number of nitrogens with zero attached hydrogens (tertiary/aromatic N) is 2. The van der Waals surface area contributed by atoms with Crippen molar-refractivity contribution in [3.8, 4) is 0 Å². The quantitative estimate of drug-likeness (QED) is 0.609. The van der Waals surface area contributed by atoms with Crippen LogP contribution in [0.3, 0.4) is 0 Å². The standard InChI is InChI=1S/C26H38N4O4/c1-25(2,3)15-28-23(31)20-5-4-7-27-22(20)29-19-6-8-30(14-19)24(32)34-21-17-9-16-10-18(21)13-26(33,11-16)12-17/h4-5,7,16-19,21,33H,6,8-15H2,1-3H3,(H,27,29)(H,28,31). The summed E-state index contributed by atoms with van der Waals surface area (Å²) < 4.78 is 6.05. The maximum absolute atomic E-state index is 13.0. The number of aromatic nitrogens is 1. The normalized spacial score (nSPS) is 34.2. The molecule has 1 aromatic heterocycles. The summed E-state index contributed by atoms with van der Waals surface area (Å²) in [6, 6.07) is 3.54. The van der Waals surface area contributed by atoms with Crippen molar-refractivity contribution in [3.05, 3.63) is 23.9 Å². The van der Waals surface area contributed by atoms with Crippen molar-refractivity contribution in [2.24, 2.45) is 23.2 Å². The lowest BCUT2D eigenvalue weighted by molar-refractivity contribution is -0.177. The molecule has 3 atom stereocenters. The first-order valence-corrected chi connectivity index (χ1v) is 12.8. The van der Waals surface area contributed by atoms with Crippen LogP contribution in [0.15, 0.2) is 18.3 Å². The maximum atomic E-state index is 13.0. The number of carbonyl (C=O) groups excluding carboxylic acids is 2. The molecule has 186 valence electrons. The van der Waals surface area contributed by atoms with Gasteiger partial charge in [-0.25, -0.2) is 9.78 Å². The maximum Gasteiger partial charge on any atom is 0.410 e. The van der Waals surface area contributed by atoms with E-state index in [1.807, 2.05) is 0 Å². The van der Waals surface area contributed by atoms with Crippen molar-refractivity contribution in [3.63, 3.8) is 0 Å². The second-order valence-corrected chi connectivity index (χ2v) is 12.3. The molecule has 5 fully saturated rings. The molecular formula is C26H38N4O4. The molecule has 1 saturated heterocycles. The highest BCUT2D eigenvalue weighted by Crippen LogP contribution is 2.56. The van der Waals surface area contributed by atoms with Gasteiger partial charge in [-0.05, 0) is 73.8 Å². The third-order valence-corrected chi connectivity index (χ3v) is 8.01. The van der Waals surface area contributed by atoms with Gasteiger partial charge in [0.05, 0.1) is 11.2 Å². The zero-order chi connectivity index (χ0) is 24.1. The van der Waals surface area contributed by atoms with E-state index in [2.05, 4.69) is 36.4 Å². The molecule has 5 aliphatic rings. The Bertz CT molecular complexity index is 929. The van der Waals surface area contributed by atoms with E-state index in [4.69, 9.17) is 4.74 Å². The molecular weight excluding hydrogens is 432 g/mol. The molecule has 3 unspecified atom stereocenters. The molecule has 3 N–H and O–H groups in total. The lowest BCUT2D eigenvalue weighted by Gasteiger charge is -2.57. The lowest BCUT2D eigenvalue weighted by Crippen LogP contribution is -2.58. The van der Waals surface area contributed by atoms with Crippen LogP contribution in [-0.4, -0.2) is 64.4 Å². The predicted molar refractivity (Wildman–Crippen MR) is 128 cm³/mol. The molecule has 8 heteroatoms. The number of amides is 2. The number of pyridine rings is 1. The van der Waals surface area contributed by atoms with Crippen LogP contribution in [0.25, 0.3) is 0 Å². The van der Waals surface area contributed by atoms with Crippen LogP contribution >= 0.6 is 0 Å². The predicted octanol–water partition coefficient (Wildman–Crippen LogP) is 3.42. The van der Waals surface area contributed by atoms with Crippen LogP contribution in [-0.2, 0) is 4.74 Å². The molecule has 4 saturated carbocycles. The van der Waals surface area contributed by atoms with E-state index < -0.39 is 5.60 Å². The van der Waals surface area contributed by atoms with Crippen molar-refractivity contribution in [2.75, 3.05) is 25.0 Å². The van der Waals surface area contributed by atoms with Gasteiger partial charge in [-0.15, -0.1) is 0 Å². The average molecular weight is 471 g/mol. The van der Waals surface area contributed by atoms with E-state index >= 15 is 0 Å². The van der Waals surface area contributed by atoms with Crippen LogP contribution in [0.1, 0.15) is 69.7 Å². The third-order valence-electron chi connectivity index (χ3n) is 8.01. The molecule has 4 aliphatic carbocycles. The van der Waals surface area contributed by atoms with Crippen LogP contribution in [0, 0.1) is 23.2 Å². The summed E-state index contributed by atoms with van der Waals surface area (Å²) in [5.41, 5.74) is -0.0201. The molecule has 1 aliphatic heterocycles. The summed E-state index contributed by atoms with van der Waals surface area (Å²) in [6.45, 7) is 7.94. The minimum atomic E-state index is -0.526. The summed E-state index contributed by atoms with van der Waals surface area (Å²) in [5, 5.41) is 17.1. The van der Waals surface area contributed by atoms with Gasteiger partial charge in [0.25, 0.3) is 5.91 Å². The molecule has 6 rings (SSSR count). The number of nitrogens with one attached hydrogen (secondary N) is 2. The Labute approximate surface area is 201 Å². The first-order chi connectivity index (χ1) is 16.1. The van der Waals surface area contributed by atoms with Gasteiger partial charge in [0.1, 0.15) is 11.9 Å². The Hall–Kier alpha value is -2.35. The number of rotatable bonds is 5. The Balaban J connectivity index is 1.16. The summed E-state index contributed by atoms with van der Waals surface area (Å²) in [5.74, 6) is 1.57. The SMILES string of the molecule is CC(C)(C)CNC(=O)c1cccnc1NC1CCN(C(=O)OC2C3CC4CC2CC(O)(C4)C3)C1. The highest BCUT2D eigenvalue weighted by atomic mass is 16.6. The monoisotopic (exact) mass is 470 g/mol. The van der Waals surface area contributed by atoms with Gasteiger partial charge in [-0.1, -0.05) is 20.8 Å². The summed E-state index contributed by atoms with van der Waals surface area (Å²) in [4.78, 5) is 31.9. The number of carbonyl (C=O) groups is 2. The van der Waals surface area contributed by atoms with Gasteiger partial charge < -0.3 is 25.4 Å².